The van der Waals surface area contributed by atoms with E-state index >= 15 is 0 Å². The van der Waals surface area contributed by atoms with E-state index in [1.54, 1.807) is 24.3 Å². The molecule has 5 nitrogen and oxygen atoms in total. The first-order chi connectivity index (χ1) is 11.1. The summed E-state index contributed by atoms with van der Waals surface area (Å²) < 4.78 is 0. The smallest absolute Gasteiger partial charge is 0.253 e. The van der Waals surface area contributed by atoms with Crippen LogP contribution in [0, 0.1) is 11.3 Å². The number of hydrogen-bond acceptors (Lipinski definition) is 3. The van der Waals surface area contributed by atoms with Gasteiger partial charge in [0.1, 0.15) is 0 Å². The molecule has 1 aromatic rings. The third-order valence-electron chi connectivity index (χ3n) is 5.20. The van der Waals surface area contributed by atoms with Crippen LogP contribution in [0.15, 0.2) is 24.3 Å². The van der Waals surface area contributed by atoms with Crippen LogP contribution >= 0.6 is 0 Å². The fourth-order valence-electron chi connectivity index (χ4n) is 3.84. The van der Waals surface area contributed by atoms with E-state index in [2.05, 4.69) is 6.07 Å². The highest BCUT2D eigenvalue weighted by Crippen LogP contribution is 2.36. The molecule has 1 unspecified atom stereocenters. The molecule has 120 valence electrons. The normalized spacial score (nSPS) is 24.6. The van der Waals surface area contributed by atoms with Crippen molar-refractivity contribution in [2.75, 3.05) is 20.1 Å². The minimum atomic E-state index is -0.212. The van der Waals surface area contributed by atoms with Gasteiger partial charge in [-0.25, -0.2) is 0 Å². The number of nitriles is 1. The largest absolute Gasteiger partial charge is 0.338 e. The number of carbonyl (C=O) groups is 2. The molecule has 23 heavy (non-hydrogen) atoms. The summed E-state index contributed by atoms with van der Waals surface area (Å²) in [6.07, 6.45) is 4.32. The molecule has 0 N–H and O–H groups in total. The molecule has 5 heteroatoms. The number of likely N-dealkylation sites (N-methyl/N-ethyl adjacent to an activating group) is 1. The molecule has 2 amide bonds. The molecule has 0 aromatic heterocycles. The number of hydrogen-bond donors (Lipinski definition) is 0. The fraction of sp³-hybridized carbons (Fsp3) is 0.500. The minimum Gasteiger partial charge on any atom is -0.338 e. The number of benzene rings is 1. The van der Waals surface area contributed by atoms with E-state index in [1.807, 2.05) is 16.8 Å². The van der Waals surface area contributed by atoms with Crippen molar-refractivity contribution in [2.24, 2.45) is 0 Å². The molecule has 2 fully saturated rings. The molecule has 2 aliphatic heterocycles. The first-order valence-corrected chi connectivity index (χ1v) is 8.12. The number of carbonyl (C=O) groups excluding carboxylic acids is 2. The second-order valence-electron chi connectivity index (χ2n) is 6.55. The number of rotatable bonds is 1. The molecule has 0 radical (unpaired) electrons. The van der Waals surface area contributed by atoms with Crippen LogP contribution < -0.4 is 0 Å². The van der Waals surface area contributed by atoms with Gasteiger partial charge in [0.2, 0.25) is 5.91 Å². The number of amides is 2. The summed E-state index contributed by atoms with van der Waals surface area (Å²) >= 11 is 0. The van der Waals surface area contributed by atoms with Gasteiger partial charge in [0, 0.05) is 32.1 Å². The molecule has 0 bridgehead atoms. The maximum Gasteiger partial charge on any atom is 0.253 e. The Balaban J connectivity index is 1.82. The van der Waals surface area contributed by atoms with Crippen molar-refractivity contribution >= 4 is 11.8 Å². The van der Waals surface area contributed by atoms with E-state index in [4.69, 9.17) is 5.26 Å². The number of piperidine rings is 2. The Morgan fingerprint density at radius 1 is 1.30 bits per heavy atom. The van der Waals surface area contributed by atoms with Crippen LogP contribution in [0.3, 0.4) is 0 Å². The molecule has 0 saturated carbocycles. The molecular weight excluding hydrogens is 290 g/mol. The molecule has 1 aromatic carbocycles. The first kappa shape index (κ1) is 15.5. The van der Waals surface area contributed by atoms with Crippen LogP contribution in [0.2, 0.25) is 0 Å². The highest BCUT2D eigenvalue weighted by molar-refractivity contribution is 5.94. The second-order valence-corrected chi connectivity index (χ2v) is 6.55. The standard InChI is InChI=1S/C18H21N3O2/c1-20-16(22)7-3-8-18(20)9-4-10-21(13-18)17(23)15-6-2-5-14(11-15)12-19/h2,5-6,11H,3-4,7-10,13H2,1H3. The van der Waals surface area contributed by atoms with Gasteiger partial charge in [-0.1, -0.05) is 6.07 Å². The lowest BCUT2D eigenvalue weighted by atomic mass is 9.80. The van der Waals surface area contributed by atoms with Crippen molar-refractivity contribution in [3.63, 3.8) is 0 Å². The molecule has 2 saturated heterocycles. The second kappa shape index (κ2) is 6.04. The molecular formula is C18H21N3O2. The Hall–Kier alpha value is -2.35. The van der Waals surface area contributed by atoms with Gasteiger partial charge in [-0.15, -0.1) is 0 Å². The molecule has 1 spiro atoms. The molecule has 1 atom stereocenters. The lowest BCUT2D eigenvalue weighted by Crippen LogP contribution is -2.61. The Bertz CT molecular complexity index is 675. The maximum atomic E-state index is 12.8. The molecule has 3 rings (SSSR count). The van der Waals surface area contributed by atoms with Crippen LogP contribution in [-0.2, 0) is 4.79 Å². The number of likely N-dealkylation sites (tertiary alicyclic amines) is 2. The van der Waals surface area contributed by atoms with Crippen LogP contribution in [0.25, 0.3) is 0 Å². The highest BCUT2D eigenvalue weighted by atomic mass is 16.2. The van der Waals surface area contributed by atoms with E-state index in [0.717, 1.165) is 25.7 Å². The summed E-state index contributed by atoms with van der Waals surface area (Å²) in [5, 5.41) is 9.00. The van der Waals surface area contributed by atoms with Crippen molar-refractivity contribution < 1.29 is 9.59 Å². The zero-order valence-corrected chi connectivity index (χ0v) is 13.4. The summed E-state index contributed by atoms with van der Waals surface area (Å²) in [7, 11) is 1.87. The fourth-order valence-corrected chi connectivity index (χ4v) is 3.84. The van der Waals surface area contributed by atoms with Gasteiger partial charge in [-0.05, 0) is 43.9 Å². The van der Waals surface area contributed by atoms with E-state index < -0.39 is 0 Å². The summed E-state index contributed by atoms with van der Waals surface area (Å²) in [6, 6.07) is 8.89. The predicted octanol–water partition coefficient (Wildman–Crippen LogP) is 2.18. The SMILES string of the molecule is CN1C(=O)CCCC12CCCN(C(=O)c1cccc(C#N)c1)C2. The van der Waals surface area contributed by atoms with Gasteiger partial charge in [0.15, 0.2) is 0 Å². The van der Waals surface area contributed by atoms with Crippen molar-refractivity contribution in [1.82, 2.24) is 9.80 Å². The summed E-state index contributed by atoms with van der Waals surface area (Å²) in [6.45, 7) is 1.30. The lowest BCUT2D eigenvalue weighted by Gasteiger charge is -2.50. The maximum absolute atomic E-state index is 12.8. The summed E-state index contributed by atoms with van der Waals surface area (Å²) in [5.41, 5.74) is 0.828. The Kier molecular flexibility index (Phi) is 4.08. The topological polar surface area (TPSA) is 64.4 Å². The van der Waals surface area contributed by atoms with Gasteiger partial charge in [-0.2, -0.15) is 5.26 Å². The quantitative estimate of drug-likeness (QED) is 0.798. The average molecular weight is 311 g/mol. The van der Waals surface area contributed by atoms with Gasteiger partial charge < -0.3 is 9.80 Å². The van der Waals surface area contributed by atoms with Gasteiger partial charge in [0.25, 0.3) is 5.91 Å². The van der Waals surface area contributed by atoms with Gasteiger partial charge >= 0.3 is 0 Å². The zero-order chi connectivity index (χ0) is 16.4. The van der Waals surface area contributed by atoms with Crippen LogP contribution in [0.4, 0.5) is 0 Å². The van der Waals surface area contributed by atoms with Crippen molar-refractivity contribution in [3.05, 3.63) is 35.4 Å². The highest BCUT2D eigenvalue weighted by Gasteiger charge is 2.44. The van der Waals surface area contributed by atoms with Crippen LogP contribution in [0.1, 0.15) is 48.0 Å². The zero-order valence-electron chi connectivity index (χ0n) is 13.4. The summed E-state index contributed by atoms with van der Waals surface area (Å²) in [4.78, 5) is 28.6. The molecule has 2 aliphatic rings. The van der Waals surface area contributed by atoms with Crippen molar-refractivity contribution in [3.8, 4) is 6.07 Å². The Morgan fingerprint density at radius 2 is 2.09 bits per heavy atom. The minimum absolute atomic E-state index is 0.0485. The van der Waals surface area contributed by atoms with Crippen molar-refractivity contribution in [1.29, 1.82) is 5.26 Å². The Morgan fingerprint density at radius 3 is 2.87 bits per heavy atom. The average Bonchev–Trinajstić information content (AvgIpc) is 2.59. The molecule has 0 aliphatic carbocycles. The third kappa shape index (κ3) is 2.81. The number of nitrogens with zero attached hydrogens (tertiary/aromatic N) is 3. The lowest BCUT2D eigenvalue weighted by molar-refractivity contribution is -0.142. The van der Waals surface area contributed by atoms with Gasteiger partial charge in [-0.3, -0.25) is 9.59 Å². The Labute approximate surface area is 136 Å². The van der Waals surface area contributed by atoms with E-state index in [1.165, 1.54) is 0 Å². The summed E-state index contributed by atoms with van der Waals surface area (Å²) in [5.74, 6) is 0.129. The van der Waals surface area contributed by atoms with E-state index in [0.29, 0.717) is 30.6 Å². The third-order valence-corrected chi connectivity index (χ3v) is 5.20. The predicted molar refractivity (Wildman–Crippen MR) is 85.6 cm³/mol. The molecule has 2 heterocycles. The van der Waals surface area contributed by atoms with Crippen molar-refractivity contribution in [2.45, 2.75) is 37.6 Å². The van der Waals surface area contributed by atoms with Gasteiger partial charge in [0.05, 0.1) is 17.2 Å². The van der Waals surface area contributed by atoms with Crippen LogP contribution in [0.5, 0.6) is 0 Å². The van der Waals surface area contributed by atoms with E-state index in [-0.39, 0.29) is 17.4 Å². The first-order valence-electron chi connectivity index (χ1n) is 8.12. The van der Waals surface area contributed by atoms with Crippen LogP contribution in [-0.4, -0.2) is 47.3 Å². The monoisotopic (exact) mass is 311 g/mol. The van der Waals surface area contributed by atoms with E-state index in [9.17, 15) is 9.59 Å².